The van der Waals surface area contributed by atoms with Gasteiger partial charge in [0, 0.05) is 17.2 Å². The Morgan fingerprint density at radius 1 is 1.13 bits per heavy atom. The van der Waals surface area contributed by atoms with Crippen LogP contribution in [-0.2, 0) is 6.54 Å². The Hall–Kier alpha value is -1.68. The zero-order chi connectivity index (χ0) is 10.8. The van der Waals surface area contributed by atoms with Gasteiger partial charge < -0.3 is 10.2 Å². The fourth-order valence-electron chi connectivity index (χ4n) is 1.45. The normalized spacial score (nSPS) is 10.6. The molecule has 2 nitrogen and oxygen atoms in total. The Balaban J connectivity index is 2.54. The molecule has 0 bridgehead atoms. The van der Waals surface area contributed by atoms with Gasteiger partial charge in [0.05, 0.1) is 12.8 Å². The standard InChI is InChI=1S/C11H9F2NO/c12-7-1-2-8(10(13)5-7)9-3-4-15-11(9)6-14/h1-5H,6,14H2. The Morgan fingerprint density at radius 2 is 1.93 bits per heavy atom. The van der Waals surface area contributed by atoms with Crippen LogP contribution in [0.3, 0.4) is 0 Å². The van der Waals surface area contributed by atoms with Gasteiger partial charge in [-0.1, -0.05) is 0 Å². The van der Waals surface area contributed by atoms with Crippen molar-refractivity contribution in [3.8, 4) is 11.1 Å². The summed E-state index contributed by atoms with van der Waals surface area (Å²) in [6, 6.07) is 5.02. The van der Waals surface area contributed by atoms with Crippen LogP contribution in [0.4, 0.5) is 8.78 Å². The number of benzene rings is 1. The van der Waals surface area contributed by atoms with Gasteiger partial charge in [0.1, 0.15) is 17.4 Å². The van der Waals surface area contributed by atoms with Crippen molar-refractivity contribution in [2.45, 2.75) is 6.54 Å². The first kappa shape index (κ1) is 9.86. The summed E-state index contributed by atoms with van der Waals surface area (Å²) in [6.07, 6.45) is 1.43. The van der Waals surface area contributed by atoms with Crippen molar-refractivity contribution in [1.29, 1.82) is 0 Å². The van der Waals surface area contributed by atoms with Gasteiger partial charge in [0.15, 0.2) is 0 Å². The number of furan rings is 1. The molecule has 4 heteroatoms. The average molecular weight is 209 g/mol. The summed E-state index contributed by atoms with van der Waals surface area (Å²) in [7, 11) is 0. The van der Waals surface area contributed by atoms with Gasteiger partial charge in [0.25, 0.3) is 0 Å². The number of hydrogen-bond donors (Lipinski definition) is 1. The fraction of sp³-hybridized carbons (Fsp3) is 0.0909. The number of halogens is 2. The maximum atomic E-state index is 13.4. The first-order chi connectivity index (χ1) is 7.22. The van der Waals surface area contributed by atoms with Crippen LogP contribution in [0.15, 0.2) is 34.9 Å². The molecule has 0 unspecified atom stereocenters. The van der Waals surface area contributed by atoms with Gasteiger partial charge in [-0.15, -0.1) is 0 Å². The molecular formula is C11H9F2NO. The average Bonchev–Trinajstić information content (AvgIpc) is 2.65. The molecular weight excluding hydrogens is 200 g/mol. The predicted octanol–water partition coefficient (Wildman–Crippen LogP) is 2.68. The van der Waals surface area contributed by atoms with E-state index in [1.165, 1.54) is 18.4 Å². The van der Waals surface area contributed by atoms with Crippen LogP contribution in [0.2, 0.25) is 0 Å². The van der Waals surface area contributed by atoms with Crippen LogP contribution in [-0.4, -0.2) is 0 Å². The van der Waals surface area contributed by atoms with Crippen molar-refractivity contribution in [3.63, 3.8) is 0 Å². The van der Waals surface area contributed by atoms with Crippen LogP contribution >= 0.6 is 0 Å². The molecule has 0 spiro atoms. The molecule has 0 amide bonds. The van der Waals surface area contributed by atoms with Crippen LogP contribution in [0.5, 0.6) is 0 Å². The quantitative estimate of drug-likeness (QED) is 0.825. The number of rotatable bonds is 2. The monoisotopic (exact) mass is 209 g/mol. The minimum Gasteiger partial charge on any atom is -0.467 e. The number of nitrogens with two attached hydrogens (primary N) is 1. The lowest BCUT2D eigenvalue weighted by Gasteiger charge is -2.02. The van der Waals surface area contributed by atoms with Crippen molar-refractivity contribution in [3.05, 3.63) is 47.9 Å². The lowest BCUT2D eigenvalue weighted by molar-refractivity contribution is 0.513. The smallest absolute Gasteiger partial charge is 0.134 e. The van der Waals surface area contributed by atoms with Gasteiger partial charge in [0.2, 0.25) is 0 Å². The minimum absolute atomic E-state index is 0.180. The molecule has 1 aromatic carbocycles. The zero-order valence-electron chi connectivity index (χ0n) is 7.84. The van der Waals surface area contributed by atoms with Crippen molar-refractivity contribution >= 4 is 0 Å². The molecule has 1 heterocycles. The van der Waals surface area contributed by atoms with E-state index in [-0.39, 0.29) is 6.54 Å². The van der Waals surface area contributed by atoms with E-state index in [2.05, 4.69) is 0 Å². The predicted molar refractivity (Wildman–Crippen MR) is 52.0 cm³/mol. The van der Waals surface area contributed by atoms with E-state index in [0.717, 1.165) is 6.07 Å². The fourth-order valence-corrected chi connectivity index (χ4v) is 1.45. The third-order valence-corrected chi connectivity index (χ3v) is 2.15. The van der Waals surface area contributed by atoms with Crippen LogP contribution in [0.25, 0.3) is 11.1 Å². The third-order valence-electron chi connectivity index (χ3n) is 2.15. The summed E-state index contributed by atoms with van der Waals surface area (Å²) in [5.41, 5.74) is 6.28. The van der Waals surface area contributed by atoms with Gasteiger partial charge in [-0.05, 0) is 18.2 Å². The Bertz CT molecular complexity index is 479. The van der Waals surface area contributed by atoms with Crippen molar-refractivity contribution in [2.75, 3.05) is 0 Å². The number of hydrogen-bond acceptors (Lipinski definition) is 2. The van der Waals surface area contributed by atoms with E-state index in [9.17, 15) is 8.78 Å². The highest BCUT2D eigenvalue weighted by atomic mass is 19.1. The summed E-state index contributed by atoms with van der Waals surface area (Å²) in [5, 5.41) is 0. The van der Waals surface area contributed by atoms with E-state index in [0.29, 0.717) is 16.9 Å². The zero-order valence-corrected chi connectivity index (χ0v) is 7.84. The molecule has 0 aliphatic carbocycles. The van der Waals surface area contributed by atoms with Crippen LogP contribution in [0, 0.1) is 11.6 Å². The third kappa shape index (κ3) is 1.76. The summed E-state index contributed by atoms with van der Waals surface area (Å²) >= 11 is 0. The van der Waals surface area contributed by atoms with Gasteiger partial charge >= 0.3 is 0 Å². The largest absolute Gasteiger partial charge is 0.467 e. The van der Waals surface area contributed by atoms with Crippen LogP contribution < -0.4 is 5.73 Å². The maximum absolute atomic E-state index is 13.4. The van der Waals surface area contributed by atoms with Gasteiger partial charge in [-0.25, -0.2) is 8.78 Å². The highest BCUT2D eigenvalue weighted by molar-refractivity contribution is 5.66. The molecule has 2 N–H and O–H groups in total. The minimum atomic E-state index is -0.619. The van der Waals surface area contributed by atoms with E-state index in [1.807, 2.05) is 0 Å². The molecule has 0 saturated carbocycles. The lowest BCUT2D eigenvalue weighted by atomic mass is 10.1. The molecule has 0 radical (unpaired) electrons. The van der Waals surface area contributed by atoms with Crippen molar-refractivity contribution < 1.29 is 13.2 Å². The second-order valence-electron chi connectivity index (χ2n) is 3.09. The Morgan fingerprint density at radius 3 is 2.60 bits per heavy atom. The molecule has 0 saturated heterocycles. The van der Waals surface area contributed by atoms with E-state index >= 15 is 0 Å². The highest BCUT2D eigenvalue weighted by Crippen LogP contribution is 2.27. The molecule has 0 aliphatic rings. The SMILES string of the molecule is NCc1occc1-c1ccc(F)cc1F. The van der Waals surface area contributed by atoms with E-state index < -0.39 is 11.6 Å². The molecule has 0 atom stereocenters. The molecule has 15 heavy (non-hydrogen) atoms. The van der Waals surface area contributed by atoms with Gasteiger partial charge in [-0.3, -0.25) is 0 Å². The summed E-state index contributed by atoms with van der Waals surface area (Å²) < 4.78 is 31.2. The molecule has 0 fully saturated rings. The van der Waals surface area contributed by atoms with Gasteiger partial charge in [-0.2, -0.15) is 0 Å². The molecule has 1 aromatic heterocycles. The molecule has 2 aromatic rings. The first-order valence-corrected chi connectivity index (χ1v) is 4.44. The lowest BCUT2D eigenvalue weighted by Crippen LogP contribution is -1.97. The Kier molecular flexibility index (Phi) is 2.51. The second kappa shape index (κ2) is 3.82. The topological polar surface area (TPSA) is 39.2 Å². The summed E-state index contributed by atoms with van der Waals surface area (Å²) in [6.45, 7) is 0.180. The molecule has 78 valence electrons. The highest BCUT2D eigenvalue weighted by Gasteiger charge is 2.11. The molecule has 0 aliphatic heterocycles. The molecule has 2 rings (SSSR count). The van der Waals surface area contributed by atoms with Crippen LogP contribution in [0.1, 0.15) is 5.76 Å². The second-order valence-corrected chi connectivity index (χ2v) is 3.09. The maximum Gasteiger partial charge on any atom is 0.134 e. The summed E-state index contributed by atoms with van der Waals surface area (Å²) in [5.74, 6) is -0.736. The Labute approximate surface area is 85.3 Å². The van der Waals surface area contributed by atoms with E-state index in [4.69, 9.17) is 10.2 Å². The summed E-state index contributed by atoms with van der Waals surface area (Å²) in [4.78, 5) is 0. The van der Waals surface area contributed by atoms with E-state index in [1.54, 1.807) is 6.07 Å². The first-order valence-electron chi connectivity index (χ1n) is 4.44. The van der Waals surface area contributed by atoms with Crippen molar-refractivity contribution in [1.82, 2.24) is 0 Å². The van der Waals surface area contributed by atoms with Crippen molar-refractivity contribution in [2.24, 2.45) is 5.73 Å².